The van der Waals surface area contributed by atoms with Crippen molar-refractivity contribution < 1.29 is 4.74 Å². The second-order valence-corrected chi connectivity index (χ2v) is 5.41. The Kier molecular flexibility index (Phi) is 3.56. The number of hydrogen-bond acceptors (Lipinski definition) is 3. The normalized spacial score (nSPS) is 10.7. The van der Waals surface area contributed by atoms with E-state index in [1.165, 1.54) is 0 Å². The highest BCUT2D eigenvalue weighted by Gasteiger charge is 2.05. The topological polar surface area (TPSA) is 48.1 Å². The first-order chi connectivity index (χ1) is 9.74. The Labute approximate surface area is 125 Å². The molecule has 0 radical (unpaired) electrons. The highest BCUT2D eigenvalue weighted by Crippen LogP contribution is 2.30. The van der Waals surface area contributed by atoms with Crippen molar-refractivity contribution >= 4 is 32.4 Å². The van der Waals surface area contributed by atoms with E-state index in [1.807, 2.05) is 42.5 Å². The maximum absolute atomic E-state index is 5.98. The molecule has 0 atom stereocenters. The fourth-order valence-corrected chi connectivity index (χ4v) is 2.53. The monoisotopic (exact) mass is 328 g/mol. The summed E-state index contributed by atoms with van der Waals surface area (Å²) in [5, 5.41) is 2.04. The van der Waals surface area contributed by atoms with Crippen LogP contribution in [0, 0.1) is 0 Å². The van der Waals surface area contributed by atoms with Crippen LogP contribution in [0.25, 0.3) is 10.8 Å². The van der Waals surface area contributed by atoms with E-state index in [2.05, 4.69) is 20.9 Å². The number of nitrogen functional groups attached to an aromatic ring is 1. The van der Waals surface area contributed by atoms with Crippen molar-refractivity contribution in [2.45, 2.75) is 6.61 Å². The molecule has 0 amide bonds. The minimum atomic E-state index is 0.473. The molecule has 3 rings (SSSR count). The minimum absolute atomic E-state index is 0.473. The van der Waals surface area contributed by atoms with Crippen molar-refractivity contribution in [1.29, 1.82) is 0 Å². The summed E-state index contributed by atoms with van der Waals surface area (Å²) in [4.78, 5) is 4.13. The van der Waals surface area contributed by atoms with Crippen molar-refractivity contribution in [3.63, 3.8) is 0 Å². The number of pyridine rings is 1. The van der Waals surface area contributed by atoms with E-state index < -0.39 is 0 Å². The van der Waals surface area contributed by atoms with Crippen LogP contribution in [0.3, 0.4) is 0 Å². The summed E-state index contributed by atoms with van der Waals surface area (Å²) in [6, 6.07) is 13.7. The van der Waals surface area contributed by atoms with Gasteiger partial charge in [0, 0.05) is 38.9 Å². The molecule has 1 heterocycles. The van der Waals surface area contributed by atoms with Gasteiger partial charge < -0.3 is 10.5 Å². The van der Waals surface area contributed by atoms with E-state index >= 15 is 0 Å². The Bertz CT molecular complexity index is 758. The number of benzene rings is 2. The maximum atomic E-state index is 5.98. The first-order valence-electron chi connectivity index (χ1n) is 6.23. The molecule has 0 spiro atoms. The molecule has 3 nitrogen and oxygen atoms in total. The first kappa shape index (κ1) is 12.9. The van der Waals surface area contributed by atoms with Gasteiger partial charge in [0.25, 0.3) is 0 Å². The highest BCUT2D eigenvalue weighted by molar-refractivity contribution is 9.10. The van der Waals surface area contributed by atoms with Gasteiger partial charge >= 0.3 is 0 Å². The lowest BCUT2D eigenvalue weighted by Gasteiger charge is -2.11. The van der Waals surface area contributed by atoms with Crippen LogP contribution in [0.15, 0.2) is 59.3 Å². The van der Waals surface area contributed by atoms with Crippen LogP contribution in [-0.2, 0) is 6.61 Å². The summed E-state index contributed by atoms with van der Waals surface area (Å²) >= 11 is 3.40. The Morgan fingerprint density at radius 3 is 2.65 bits per heavy atom. The number of rotatable bonds is 3. The molecule has 0 saturated heterocycles. The van der Waals surface area contributed by atoms with Crippen molar-refractivity contribution in [1.82, 2.24) is 4.98 Å². The van der Waals surface area contributed by atoms with Crippen molar-refractivity contribution in [3.05, 3.63) is 64.9 Å². The number of nitrogens with two attached hydrogens (primary N) is 1. The van der Waals surface area contributed by atoms with E-state index in [0.29, 0.717) is 6.61 Å². The van der Waals surface area contributed by atoms with E-state index in [0.717, 1.165) is 32.2 Å². The Morgan fingerprint density at radius 1 is 1.05 bits per heavy atom. The first-order valence-corrected chi connectivity index (χ1v) is 7.03. The quantitative estimate of drug-likeness (QED) is 0.734. The van der Waals surface area contributed by atoms with Gasteiger partial charge in [0.1, 0.15) is 12.4 Å². The third-order valence-electron chi connectivity index (χ3n) is 3.07. The molecule has 0 saturated carbocycles. The second-order valence-electron chi connectivity index (χ2n) is 4.50. The molecule has 20 heavy (non-hydrogen) atoms. The summed E-state index contributed by atoms with van der Waals surface area (Å²) in [7, 11) is 0. The largest absolute Gasteiger partial charge is 0.488 e. The number of hydrogen-bond donors (Lipinski definition) is 1. The standard InChI is InChI=1S/C16H13BrN2O/c17-12-7-11(8-19-9-12)10-20-16-6-5-15(18)13-3-1-2-4-14(13)16/h1-9H,10,18H2. The smallest absolute Gasteiger partial charge is 0.127 e. The lowest BCUT2D eigenvalue weighted by Crippen LogP contribution is -1.97. The fraction of sp³-hybridized carbons (Fsp3) is 0.0625. The minimum Gasteiger partial charge on any atom is -0.488 e. The van der Waals surface area contributed by atoms with Crippen molar-refractivity contribution in [2.75, 3.05) is 5.73 Å². The van der Waals surface area contributed by atoms with Gasteiger partial charge in [0.2, 0.25) is 0 Å². The summed E-state index contributed by atoms with van der Waals surface area (Å²) in [6.07, 6.45) is 3.55. The predicted molar refractivity (Wildman–Crippen MR) is 84.6 cm³/mol. The van der Waals surface area contributed by atoms with Crippen LogP contribution < -0.4 is 10.5 Å². The van der Waals surface area contributed by atoms with Gasteiger partial charge in [-0.25, -0.2) is 0 Å². The number of aromatic nitrogens is 1. The lowest BCUT2D eigenvalue weighted by atomic mass is 10.1. The van der Waals surface area contributed by atoms with E-state index in [1.54, 1.807) is 12.4 Å². The maximum Gasteiger partial charge on any atom is 0.127 e. The summed E-state index contributed by atoms with van der Waals surface area (Å²) in [5.41, 5.74) is 7.76. The molecule has 0 fully saturated rings. The second kappa shape index (κ2) is 5.51. The lowest BCUT2D eigenvalue weighted by molar-refractivity contribution is 0.309. The van der Waals surface area contributed by atoms with Gasteiger partial charge in [-0.15, -0.1) is 0 Å². The summed E-state index contributed by atoms with van der Waals surface area (Å²) in [6.45, 7) is 0.473. The molecule has 0 aliphatic carbocycles. The molecule has 0 bridgehead atoms. The number of ether oxygens (including phenoxy) is 1. The van der Waals surface area contributed by atoms with Crippen LogP contribution in [0.2, 0.25) is 0 Å². The summed E-state index contributed by atoms with van der Waals surface area (Å²) in [5.74, 6) is 0.828. The zero-order chi connectivity index (χ0) is 13.9. The molecule has 1 aromatic heterocycles. The zero-order valence-corrected chi connectivity index (χ0v) is 12.3. The third-order valence-corrected chi connectivity index (χ3v) is 3.51. The van der Waals surface area contributed by atoms with E-state index in [9.17, 15) is 0 Å². The molecule has 2 aromatic carbocycles. The fourth-order valence-electron chi connectivity index (χ4n) is 2.12. The molecule has 0 aliphatic rings. The van der Waals surface area contributed by atoms with Crippen LogP contribution in [0.1, 0.15) is 5.56 Å². The summed E-state index contributed by atoms with van der Waals surface area (Å²) < 4.78 is 6.84. The average molecular weight is 329 g/mol. The molecular weight excluding hydrogens is 316 g/mol. The van der Waals surface area contributed by atoms with E-state index in [4.69, 9.17) is 10.5 Å². The van der Waals surface area contributed by atoms with Crippen molar-refractivity contribution in [3.8, 4) is 5.75 Å². The predicted octanol–water partition coefficient (Wildman–Crippen LogP) is 4.16. The SMILES string of the molecule is Nc1ccc(OCc2cncc(Br)c2)c2ccccc12. The van der Waals surface area contributed by atoms with Crippen molar-refractivity contribution in [2.24, 2.45) is 0 Å². The number of anilines is 1. The van der Waals surface area contributed by atoms with Gasteiger partial charge in [-0.05, 0) is 34.1 Å². The number of nitrogens with zero attached hydrogens (tertiary/aromatic N) is 1. The Balaban J connectivity index is 1.90. The number of fused-ring (bicyclic) bond motifs is 1. The highest BCUT2D eigenvalue weighted by atomic mass is 79.9. The molecular formula is C16H13BrN2O. The molecule has 2 N–H and O–H groups in total. The zero-order valence-electron chi connectivity index (χ0n) is 10.7. The molecule has 100 valence electrons. The molecule has 3 aromatic rings. The molecule has 0 aliphatic heterocycles. The van der Waals surface area contributed by atoms with Crippen LogP contribution in [0.4, 0.5) is 5.69 Å². The van der Waals surface area contributed by atoms with Gasteiger partial charge in [0.15, 0.2) is 0 Å². The third kappa shape index (κ3) is 2.60. The van der Waals surface area contributed by atoms with Crippen LogP contribution >= 0.6 is 15.9 Å². The van der Waals surface area contributed by atoms with Gasteiger partial charge in [0.05, 0.1) is 0 Å². The van der Waals surface area contributed by atoms with Gasteiger partial charge in [-0.3, -0.25) is 4.98 Å². The average Bonchev–Trinajstić information content (AvgIpc) is 2.47. The molecule has 0 unspecified atom stereocenters. The Hall–Kier alpha value is -2.07. The Morgan fingerprint density at radius 2 is 1.85 bits per heavy atom. The molecule has 4 heteroatoms. The van der Waals surface area contributed by atoms with E-state index in [-0.39, 0.29) is 0 Å². The van der Waals surface area contributed by atoms with Gasteiger partial charge in [-0.2, -0.15) is 0 Å². The van der Waals surface area contributed by atoms with Crippen LogP contribution in [0.5, 0.6) is 5.75 Å². The van der Waals surface area contributed by atoms with Gasteiger partial charge in [-0.1, -0.05) is 24.3 Å². The number of halogens is 1. The van der Waals surface area contributed by atoms with Crippen LogP contribution in [-0.4, -0.2) is 4.98 Å².